The Bertz CT molecular complexity index is 742. The van der Waals surface area contributed by atoms with Crippen LogP contribution in [0.2, 0.25) is 0 Å². The lowest BCUT2D eigenvalue weighted by atomic mass is 9.93. The van der Waals surface area contributed by atoms with E-state index in [1.165, 1.54) is 32.4 Å². The first kappa shape index (κ1) is 15.7. The Kier molecular flexibility index (Phi) is 4.03. The Morgan fingerprint density at radius 1 is 1.45 bits per heavy atom. The van der Waals surface area contributed by atoms with Crippen LogP contribution in [0.1, 0.15) is 12.5 Å². The van der Waals surface area contributed by atoms with Gasteiger partial charge in [0.25, 0.3) is 0 Å². The zero-order chi connectivity index (χ0) is 16.5. The van der Waals surface area contributed by atoms with Gasteiger partial charge >= 0.3 is 11.5 Å². The van der Waals surface area contributed by atoms with Gasteiger partial charge in [-0.15, -0.1) is 0 Å². The monoisotopic (exact) mass is 310 g/mol. The molecule has 0 saturated carbocycles. The Labute approximate surface area is 125 Å². The van der Waals surface area contributed by atoms with Crippen molar-refractivity contribution in [2.24, 2.45) is 0 Å². The van der Waals surface area contributed by atoms with Gasteiger partial charge in [-0.25, -0.2) is 9.18 Å². The van der Waals surface area contributed by atoms with Crippen LogP contribution >= 0.6 is 0 Å². The number of nitrogens with zero attached hydrogens (tertiary/aromatic N) is 1. The number of aromatic nitrogens is 1. The summed E-state index contributed by atoms with van der Waals surface area (Å²) in [5, 5.41) is 11.8. The molecule has 1 heterocycles. The minimum Gasteiger partial charge on any atom is -0.494 e. The number of nitrogens with one attached hydrogen (secondary N) is 1. The summed E-state index contributed by atoms with van der Waals surface area (Å²) in [6, 6.07) is 2.67. The van der Waals surface area contributed by atoms with Crippen molar-refractivity contribution in [1.82, 2.24) is 4.98 Å². The average molecular weight is 310 g/mol. The summed E-state index contributed by atoms with van der Waals surface area (Å²) in [6.45, 7) is 1.19. The normalized spacial score (nSPS) is 13.6. The number of halogens is 1. The lowest BCUT2D eigenvalue weighted by Crippen LogP contribution is -2.46. The summed E-state index contributed by atoms with van der Waals surface area (Å²) >= 11 is 0. The van der Waals surface area contributed by atoms with Gasteiger partial charge in [-0.2, -0.15) is 0 Å². The highest BCUT2D eigenvalue weighted by atomic mass is 19.1. The van der Waals surface area contributed by atoms with Crippen LogP contribution in [-0.4, -0.2) is 35.6 Å². The fourth-order valence-corrected chi connectivity index (χ4v) is 2.29. The molecule has 2 rings (SSSR count). The van der Waals surface area contributed by atoms with E-state index in [4.69, 9.17) is 4.74 Å². The molecule has 118 valence electrons. The number of ether oxygens (including phenoxy) is 2. The standard InChI is InChI=1S/C14H15FN2O5/c1-14(17(19)20,13(18)22-3)6-8-7-16-11-5-10(15)12(21-2)4-9(8)11/h4-5,7,16H,6H2,1-3H3/t14-/m0/s1. The zero-order valence-corrected chi connectivity index (χ0v) is 12.3. The molecule has 8 heteroatoms. The molecule has 0 aliphatic carbocycles. The van der Waals surface area contributed by atoms with Crippen molar-refractivity contribution >= 4 is 16.9 Å². The highest BCUT2D eigenvalue weighted by Crippen LogP contribution is 2.29. The van der Waals surface area contributed by atoms with E-state index in [1.54, 1.807) is 0 Å². The van der Waals surface area contributed by atoms with Crippen molar-refractivity contribution in [3.8, 4) is 5.75 Å². The van der Waals surface area contributed by atoms with E-state index in [0.717, 1.165) is 7.11 Å². The van der Waals surface area contributed by atoms with E-state index in [-0.39, 0.29) is 12.2 Å². The molecule has 1 aromatic heterocycles. The third kappa shape index (κ3) is 2.47. The van der Waals surface area contributed by atoms with Gasteiger partial charge in [0.15, 0.2) is 11.6 Å². The van der Waals surface area contributed by atoms with E-state index >= 15 is 0 Å². The molecule has 1 N–H and O–H groups in total. The van der Waals surface area contributed by atoms with Crippen molar-refractivity contribution in [3.05, 3.63) is 39.8 Å². The maximum Gasteiger partial charge on any atom is 0.384 e. The van der Waals surface area contributed by atoms with Crippen LogP contribution in [-0.2, 0) is 16.0 Å². The summed E-state index contributed by atoms with van der Waals surface area (Å²) in [6.07, 6.45) is 1.32. The lowest BCUT2D eigenvalue weighted by molar-refractivity contribution is -0.550. The third-order valence-corrected chi connectivity index (χ3v) is 3.60. The number of carbonyl (C=O) groups excluding carboxylic acids is 1. The number of nitro groups is 1. The quantitative estimate of drug-likeness (QED) is 0.518. The number of hydrogen-bond donors (Lipinski definition) is 1. The topological polar surface area (TPSA) is 94.5 Å². The van der Waals surface area contributed by atoms with Crippen LogP contribution in [0.4, 0.5) is 4.39 Å². The number of aromatic amines is 1. The minimum atomic E-state index is -1.93. The molecule has 0 aliphatic heterocycles. The van der Waals surface area contributed by atoms with Gasteiger partial charge in [-0.3, -0.25) is 10.1 Å². The fourth-order valence-electron chi connectivity index (χ4n) is 2.29. The van der Waals surface area contributed by atoms with Gasteiger partial charge < -0.3 is 14.5 Å². The Hall–Kier alpha value is -2.64. The van der Waals surface area contributed by atoms with Crippen LogP contribution in [0.25, 0.3) is 10.9 Å². The Balaban J connectivity index is 2.51. The number of carbonyl (C=O) groups is 1. The van der Waals surface area contributed by atoms with E-state index in [1.807, 2.05) is 0 Å². The molecule has 22 heavy (non-hydrogen) atoms. The van der Waals surface area contributed by atoms with Gasteiger partial charge in [-0.05, 0) is 11.6 Å². The Morgan fingerprint density at radius 3 is 2.68 bits per heavy atom. The molecular weight excluding hydrogens is 295 g/mol. The number of esters is 1. The van der Waals surface area contributed by atoms with Crippen LogP contribution < -0.4 is 4.74 Å². The average Bonchev–Trinajstić information content (AvgIpc) is 2.86. The van der Waals surface area contributed by atoms with Crippen LogP contribution in [0.5, 0.6) is 5.75 Å². The summed E-state index contributed by atoms with van der Waals surface area (Å²) in [7, 11) is 2.42. The molecule has 0 saturated heterocycles. The minimum absolute atomic E-state index is 0.0224. The predicted octanol–water partition coefficient (Wildman–Crippen LogP) is 2.07. The first-order valence-corrected chi connectivity index (χ1v) is 6.40. The Morgan fingerprint density at radius 2 is 2.14 bits per heavy atom. The second-order valence-electron chi connectivity index (χ2n) is 5.05. The molecule has 1 atom stereocenters. The molecule has 0 radical (unpaired) electrons. The molecule has 2 aromatic rings. The van der Waals surface area contributed by atoms with Crippen LogP contribution in [0.15, 0.2) is 18.3 Å². The highest BCUT2D eigenvalue weighted by Gasteiger charge is 2.47. The van der Waals surface area contributed by atoms with E-state index < -0.39 is 22.2 Å². The maximum absolute atomic E-state index is 13.7. The summed E-state index contributed by atoms with van der Waals surface area (Å²) in [5.41, 5.74) is -0.965. The van der Waals surface area contributed by atoms with Crippen molar-refractivity contribution in [3.63, 3.8) is 0 Å². The van der Waals surface area contributed by atoms with Gasteiger partial charge in [0.2, 0.25) is 0 Å². The van der Waals surface area contributed by atoms with Crippen molar-refractivity contribution in [1.29, 1.82) is 0 Å². The second-order valence-corrected chi connectivity index (χ2v) is 5.05. The van der Waals surface area contributed by atoms with Crippen molar-refractivity contribution < 1.29 is 23.6 Å². The molecular formula is C14H15FN2O5. The first-order valence-electron chi connectivity index (χ1n) is 6.40. The van der Waals surface area contributed by atoms with E-state index in [2.05, 4.69) is 9.72 Å². The molecule has 1 aromatic carbocycles. The number of hydrogen-bond acceptors (Lipinski definition) is 5. The van der Waals surface area contributed by atoms with Gasteiger partial charge in [-0.1, -0.05) is 0 Å². The molecule has 7 nitrogen and oxygen atoms in total. The molecule has 0 spiro atoms. The maximum atomic E-state index is 13.7. The lowest BCUT2D eigenvalue weighted by Gasteiger charge is -2.17. The van der Waals surface area contributed by atoms with Gasteiger partial charge in [0.05, 0.1) is 20.6 Å². The van der Waals surface area contributed by atoms with E-state index in [0.29, 0.717) is 16.5 Å². The number of fused-ring (bicyclic) bond motifs is 1. The van der Waals surface area contributed by atoms with Crippen molar-refractivity contribution in [2.45, 2.75) is 18.9 Å². The van der Waals surface area contributed by atoms with E-state index in [9.17, 15) is 19.3 Å². The molecule has 0 fully saturated rings. The SMILES string of the molecule is COC(=O)[C@](C)(Cc1c[nH]c2cc(F)c(OC)cc12)[N+](=O)[O-]. The largest absolute Gasteiger partial charge is 0.494 e. The summed E-state index contributed by atoms with van der Waals surface area (Å²) in [5.74, 6) is -1.47. The van der Waals surface area contributed by atoms with Crippen LogP contribution in [0.3, 0.4) is 0 Å². The molecule has 0 amide bonds. The predicted molar refractivity (Wildman–Crippen MR) is 75.9 cm³/mol. The molecule has 0 aliphatic rings. The number of H-pyrrole nitrogens is 1. The first-order chi connectivity index (χ1) is 10.3. The van der Waals surface area contributed by atoms with Gasteiger partial charge in [0, 0.05) is 35.0 Å². The smallest absolute Gasteiger partial charge is 0.384 e. The number of benzene rings is 1. The number of methoxy groups -OCH3 is 2. The van der Waals surface area contributed by atoms with Gasteiger partial charge in [0.1, 0.15) is 0 Å². The molecule has 0 unspecified atom stereocenters. The summed E-state index contributed by atoms with van der Waals surface area (Å²) < 4.78 is 23.1. The second kappa shape index (κ2) is 5.63. The highest BCUT2D eigenvalue weighted by molar-refractivity contribution is 5.86. The fraction of sp³-hybridized carbons (Fsp3) is 0.357. The molecule has 0 bridgehead atoms. The third-order valence-electron chi connectivity index (χ3n) is 3.60. The van der Waals surface area contributed by atoms with Crippen LogP contribution in [0, 0.1) is 15.9 Å². The zero-order valence-electron chi connectivity index (χ0n) is 12.3. The van der Waals surface area contributed by atoms with Crippen molar-refractivity contribution in [2.75, 3.05) is 14.2 Å². The number of rotatable bonds is 5. The summed E-state index contributed by atoms with van der Waals surface area (Å²) in [4.78, 5) is 25.2.